The smallest absolute Gasteiger partial charge is 0.251 e. The number of aromatic hydroxyl groups is 1. The predicted molar refractivity (Wildman–Crippen MR) is 144 cm³/mol. The van der Waals surface area contributed by atoms with E-state index in [1.807, 2.05) is 24.3 Å². The molecule has 172 valence electrons. The monoisotopic (exact) mass is 620 g/mol. The second-order valence-electron chi connectivity index (χ2n) is 6.99. The number of phenolic OH excluding ortho intramolecular Hbond substituents is 1. The summed E-state index contributed by atoms with van der Waals surface area (Å²) < 4.78 is 8.10. The van der Waals surface area contributed by atoms with E-state index in [9.17, 15) is 5.11 Å². The summed E-state index contributed by atoms with van der Waals surface area (Å²) >= 11 is 19.0. The molecule has 6 nitrogen and oxygen atoms in total. The van der Waals surface area contributed by atoms with Gasteiger partial charge >= 0.3 is 0 Å². The van der Waals surface area contributed by atoms with E-state index in [1.165, 1.54) is 10.9 Å². The largest absolute Gasteiger partial charge is 0.506 e. The molecule has 0 saturated carbocycles. The zero-order valence-corrected chi connectivity index (χ0v) is 22.3. The molecule has 1 N–H and O–H groups in total. The highest BCUT2D eigenvalue weighted by Crippen LogP contribution is 2.31. The molecule has 4 aromatic rings. The van der Waals surface area contributed by atoms with Crippen LogP contribution in [0.3, 0.4) is 0 Å². The van der Waals surface area contributed by atoms with Crippen LogP contribution in [-0.2, 0) is 0 Å². The van der Waals surface area contributed by atoms with Crippen molar-refractivity contribution < 1.29 is 9.84 Å². The first-order chi connectivity index (χ1) is 16.3. The summed E-state index contributed by atoms with van der Waals surface area (Å²) in [6.07, 6.45) is 4.88. The minimum absolute atomic E-state index is 0.0666. The quantitative estimate of drug-likeness (QED) is 0.224. The van der Waals surface area contributed by atoms with Crippen LogP contribution in [0, 0.1) is 0 Å². The molecule has 0 aliphatic heterocycles. The average Bonchev–Trinajstić information content (AvgIpc) is 3.23. The van der Waals surface area contributed by atoms with E-state index in [0.29, 0.717) is 37.3 Å². The van der Waals surface area contributed by atoms with Gasteiger partial charge in [0.15, 0.2) is 0 Å². The van der Waals surface area contributed by atoms with Crippen molar-refractivity contribution in [3.63, 3.8) is 0 Å². The molecule has 0 fully saturated rings. The van der Waals surface area contributed by atoms with Crippen LogP contribution in [0.5, 0.6) is 11.5 Å². The van der Waals surface area contributed by atoms with Gasteiger partial charge in [0.25, 0.3) is 5.95 Å². The summed E-state index contributed by atoms with van der Waals surface area (Å²) in [5.41, 5.74) is 2.72. The first-order valence-corrected chi connectivity index (χ1v) is 12.1. The Morgan fingerprint density at radius 2 is 1.76 bits per heavy atom. The number of halogens is 4. The van der Waals surface area contributed by atoms with Crippen LogP contribution in [-0.4, -0.2) is 34.3 Å². The Balaban J connectivity index is 1.75. The first kappa shape index (κ1) is 24.5. The number of hydrogen-bond acceptors (Lipinski definition) is 5. The summed E-state index contributed by atoms with van der Waals surface area (Å²) in [5.74, 6) is 1.12. The van der Waals surface area contributed by atoms with Crippen LogP contribution in [0.25, 0.3) is 11.3 Å². The Bertz CT molecular complexity index is 1400. The number of nitrogens with zero attached hydrogens (tertiary/aromatic N) is 4. The van der Waals surface area contributed by atoms with Crippen LogP contribution in [0.1, 0.15) is 11.1 Å². The standard InChI is InChI=1S/C24H16Br2Cl2N4O2/c1-34-19-6-3-14(4-7-19)22-13-32(30-12-15-2-5-18(27)10-21(15)28)24(31-22)29-11-16-8-17(25)9-20(26)23(16)33/h2-13,33H,1H3/b29-11+,30-12+. The van der Waals surface area contributed by atoms with Gasteiger partial charge in [0.05, 0.1) is 34.7 Å². The van der Waals surface area contributed by atoms with Crippen molar-refractivity contribution in [3.8, 4) is 22.8 Å². The lowest BCUT2D eigenvalue weighted by Crippen LogP contribution is -1.91. The van der Waals surface area contributed by atoms with Crippen LogP contribution in [0.2, 0.25) is 10.0 Å². The van der Waals surface area contributed by atoms with Crippen LogP contribution in [0.15, 0.2) is 79.8 Å². The third kappa shape index (κ3) is 5.70. The van der Waals surface area contributed by atoms with Gasteiger partial charge in [-0.2, -0.15) is 5.10 Å². The van der Waals surface area contributed by atoms with Gasteiger partial charge in [-0.25, -0.2) is 14.7 Å². The minimum Gasteiger partial charge on any atom is -0.506 e. The van der Waals surface area contributed by atoms with Crippen molar-refractivity contribution in [2.75, 3.05) is 7.11 Å². The van der Waals surface area contributed by atoms with Gasteiger partial charge in [-0.1, -0.05) is 45.2 Å². The number of imidazole rings is 1. The number of benzene rings is 3. The van der Waals surface area contributed by atoms with Crippen molar-refractivity contribution in [3.05, 3.63) is 90.9 Å². The van der Waals surface area contributed by atoms with Crippen molar-refractivity contribution in [2.24, 2.45) is 10.1 Å². The molecule has 0 amide bonds. The highest BCUT2D eigenvalue weighted by Gasteiger charge is 2.11. The number of aromatic nitrogens is 2. The molecule has 0 aliphatic carbocycles. The predicted octanol–water partition coefficient (Wildman–Crippen LogP) is 7.73. The molecule has 0 radical (unpaired) electrons. The van der Waals surface area contributed by atoms with Crippen molar-refractivity contribution in [1.82, 2.24) is 9.66 Å². The van der Waals surface area contributed by atoms with E-state index >= 15 is 0 Å². The fourth-order valence-corrected chi connectivity index (χ4v) is 4.69. The second-order valence-corrected chi connectivity index (χ2v) is 9.61. The molecule has 0 atom stereocenters. The molecule has 0 saturated heterocycles. The van der Waals surface area contributed by atoms with Crippen LogP contribution < -0.4 is 4.74 Å². The molecule has 10 heteroatoms. The summed E-state index contributed by atoms with van der Waals surface area (Å²) in [6, 6.07) is 16.2. The second kappa shape index (κ2) is 10.7. The summed E-state index contributed by atoms with van der Waals surface area (Å²) in [6.45, 7) is 0. The molecule has 0 bridgehead atoms. The number of ether oxygens (including phenoxy) is 1. The molecule has 0 spiro atoms. The number of methoxy groups -OCH3 is 1. The summed E-state index contributed by atoms with van der Waals surface area (Å²) in [5, 5.41) is 15.9. The molecular weight excluding hydrogens is 607 g/mol. The SMILES string of the molecule is COc1ccc(-c2cn(/N=C/c3ccc(Cl)cc3Cl)c(/N=C/c3cc(Br)cc(Br)c3O)n2)cc1. The van der Waals surface area contributed by atoms with E-state index in [-0.39, 0.29) is 5.75 Å². The van der Waals surface area contributed by atoms with E-state index < -0.39 is 0 Å². The van der Waals surface area contributed by atoms with Crippen LogP contribution in [0.4, 0.5) is 5.95 Å². The third-order valence-electron chi connectivity index (χ3n) is 4.72. The normalized spacial score (nSPS) is 11.6. The van der Waals surface area contributed by atoms with Crippen molar-refractivity contribution in [1.29, 1.82) is 0 Å². The molecule has 1 heterocycles. The highest BCUT2D eigenvalue weighted by atomic mass is 79.9. The van der Waals surface area contributed by atoms with Crippen molar-refractivity contribution >= 4 is 73.4 Å². The molecule has 0 unspecified atom stereocenters. The Hall–Kier alpha value is -2.65. The average molecular weight is 623 g/mol. The lowest BCUT2D eigenvalue weighted by molar-refractivity contribution is 0.415. The van der Waals surface area contributed by atoms with E-state index in [1.54, 1.807) is 49.9 Å². The maximum absolute atomic E-state index is 10.4. The Morgan fingerprint density at radius 3 is 2.47 bits per heavy atom. The van der Waals surface area contributed by atoms with Gasteiger partial charge < -0.3 is 9.84 Å². The number of phenols is 1. The van der Waals surface area contributed by atoms with Gasteiger partial charge in [-0.3, -0.25) is 0 Å². The molecular formula is C24H16Br2Cl2N4O2. The van der Waals surface area contributed by atoms with Crippen molar-refractivity contribution in [2.45, 2.75) is 0 Å². The molecule has 0 aliphatic rings. The first-order valence-electron chi connectivity index (χ1n) is 9.79. The maximum Gasteiger partial charge on any atom is 0.251 e. The lowest BCUT2D eigenvalue weighted by Gasteiger charge is -2.03. The highest BCUT2D eigenvalue weighted by molar-refractivity contribution is 9.11. The van der Waals surface area contributed by atoms with Gasteiger partial charge in [-0.15, -0.1) is 0 Å². The number of rotatable bonds is 6. The Morgan fingerprint density at radius 1 is 1.00 bits per heavy atom. The fraction of sp³-hybridized carbons (Fsp3) is 0.0417. The number of aliphatic imine (C=N–C) groups is 1. The zero-order chi connectivity index (χ0) is 24.2. The van der Waals surface area contributed by atoms with Gasteiger partial charge in [0.1, 0.15) is 11.5 Å². The summed E-state index contributed by atoms with van der Waals surface area (Å²) in [7, 11) is 1.61. The topological polar surface area (TPSA) is 72.0 Å². The zero-order valence-electron chi connectivity index (χ0n) is 17.6. The minimum atomic E-state index is 0.0666. The Kier molecular flexibility index (Phi) is 7.73. The molecule has 4 rings (SSSR count). The van der Waals surface area contributed by atoms with Gasteiger partial charge in [-0.05, 0) is 64.5 Å². The molecule has 34 heavy (non-hydrogen) atoms. The Labute approximate surface area is 222 Å². The third-order valence-corrected chi connectivity index (χ3v) is 6.34. The van der Waals surface area contributed by atoms with Crippen LogP contribution >= 0.6 is 55.1 Å². The van der Waals surface area contributed by atoms with Gasteiger partial charge in [0, 0.05) is 32.4 Å². The van der Waals surface area contributed by atoms with E-state index in [0.717, 1.165) is 15.8 Å². The van der Waals surface area contributed by atoms with Gasteiger partial charge in [0.2, 0.25) is 0 Å². The maximum atomic E-state index is 10.4. The molecule has 1 aromatic heterocycles. The van der Waals surface area contributed by atoms with E-state index in [2.05, 4.69) is 46.9 Å². The molecule has 3 aromatic carbocycles. The lowest BCUT2D eigenvalue weighted by atomic mass is 10.2. The number of hydrogen-bond donors (Lipinski definition) is 1. The van der Waals surface area contributed by atoms with E-state index in [4.69, 9.17) is 27.9 Å². The summed E-state index contributed by atoms with van der Waals surface area (Å²) in [4.78, 5) is 9.11. The fourth-order valence-electron chi connectivity index (χ4n) is 2.98.